The molecule has 0 saturated carbocycles. The number of amides is 1. The molecule has 1 aromatic heterocycles. The lowest BCUT2D eigenvalue weighted by Gasteiger charge is -2.10. The smallest absolute Gasteiger partial charge is 0.253 e. The molecule has 0 fully saturated rings. The predicted octanol–water partition coefficient (Wildman–Crippen LogP) is 1.79. The molecule has 0 bridgehead atoms. The van der Waals surface area contributed by atoms with Gasteiger partial charge in [0.15, 0.2) is 0 Å². The number of carbonyl (C=O) groups is 1. The lowest BCUT2D eigenvalue weighted by Crippen LogP contribution is -2.21. The topological polar surface area (TPSA) is 86.3 Å². The van der Waals surface area contributed by atoms with Crippen molar-refractivity contribution in [3.05, 3.63) is 53.6 Å². The highest BCUT2D eigenvalue weighted by Gasteiger charge is 2.08. The Hall–Kier alpha value is -2.45. The molecule has 2 aromatic rings. The third-order valence-electron chi connectivity index (χ3n) is 3.13. The molecule has 1 heterocycles. The molecule has 0 radical (unpaired) electrons. The summed E-state index contributed by atoms with van der Waals surface area (Å²) in [4.78, 5) is 13.3. The largest absolute Gasteiger partial charge is 0.487 e. The molecule has 136 valence electrons. The molecule has 0 unspecified atom stereocenters. The van der Waals surface area contributed by atoms with E-state index in [1.807, 2.05) is 0 Å². The van der Waals surface area contributed by atoms with Gasteiger partial charge in [0, 0.05) is 26.2 Å². The number of nitrogens with two attached hydrogens (primary N) is 1. The number of hydrogen-bond donors (Lipinski definition) is 1. The van der Waals surface area contributed by atoms with E-state index in [4.69, 9.17) is 10.5 Å². The Bertz CT molecular complexity index is 716. The fourth-order valence-electron chi connectivity index (χ4n) is 1.94. The van der Waals surface area contributed by atoms with Gasteiger partial charge in [-0.2, -0.15) is 0 Å². The van der Waals surface area contributed by atoms with Gasteiger partial charge >= 0.3 is 0 Å². The van der Waals surface area contributed by atoms with Gasteiger partial charge in [-0.1, -0.05) is 5.21 Å². The molecule has 9 heteroatoms. The van der Waals surface area contributed by atoms with E-state index in [-0.39, 0.29) is 43.8 Å². The van der Waals surface area contributed by atoms with Gasteiger partial charge in [-0.15, -0.1) is 17.5 Å². The monoisotopic (exact) mass is 369 g/mol. The van der Waals surface area contributed by atoms with Crippen molar-refractivity contribution in [1.29, 1.82) is 0 Å². The average molecular weight is 370 g/mol. The number of carbonyl (C=O) groups excluding carboxylic acids is 1. The Labute approximate surface area is 151 Å². The van der Waals surface area contributed by atoms with Crippen molar-refractivity contribution in [3.63, 3.8) is 0 Å². The Kier molecular flexibility index (Phi) is 8.03. The lowest BCUT2D eigenvalue weighted by molar-refractivity contribution is 0.0827. The van der Waals surface area contributed by atoms with Crippen molar-refractivity contribution in [2.45, 2.75) is 13.2 Å². The van der Waals surface area contributed by atoms with Gasteiger partial charge in [-0.25, -0.2) is 9.07 Å². The van der Waals surface area contributed by atoms with Crippen LogP contribution in [0.2, 0.25) is 0 Å². The first kappa shape index (κ1) is 20.6. The first-order chi connectivity index (χ1) is 11.5. The maximum Gasteiger partial charge on any atom is 0.253 e. The number of benzene rings is 1. The highest BCUT2D eigenvalue weighted by atomic mass is 35.5. The Morgan fingerprint density at radius 3 is 2.64 bits per heavy atom. The van der Waals surface area contributed by atoms with Gasteiger partial charge in [0.25, 0.3) is 5.91 Å². The van der Waals surface area contributed by atoms with E-state index in [1.165, 1.54) is 15.7 Å². The third-order valence-corrected chi connectivity index (χ3v) is 3.13. The second kappa shape index (κ2) is 9.75. The summed E-state index contributed by atoms with van der Waals surface area (Å²) < 4.78 is 20.3. The number of nitrogens with zero attached hydrogens (tertiary/aromatic N) is 4. The minimum atomic E-state index is -0.365. The Balaban J connectivity index is 0.00000312. The Morgan fingerprint density at radius 2 is 2.04 bits per heavy atom. The van der Waals surface area contributed by atoms with E-state index in [0.29, 0.717) is 17.0 Å². The fraction of sp³-hybridized carbons (Fsp3) is 0.312. The third kappa shape index (κ3) is 6.17. The van der Waals surface area contributed by atoms with Crippen molar-refractivity contribution in [2.24, 2.45) is 5.73 Å². The van der Waals surface area contributed by atoms with E-state index in [2.05, 4.69) is 10.3 Å². The molecular weight excluding hydrogens is 349 g/mol. The zero-order valence-electron chi connectivity index (χ0n) is 14.1. The number of rotatable bonds is 7. The van der Waals surface area contributed by atoms with Crippen LogP contribution >= 0.6 is 12.4 Å². The number of halogens is 2. The van der Waals surface area contributed by atoms with Crippen molar-refractivity contribution < 1.29 is 13.9 Å². The zero-order chi connectivity index (χ0) is 17.5. The molecule has 2 rings (SSSR count). The number of aromatic nitrogens is 3. The van der Waals surface area contributed by atoms with Crippen LogP contribution in [-0.2, 0) is 13.2 Å². The first-order valence-corrected chi connectivity index (χ1v) is 7.37. The molecule has 1 aromatic carbocycles. The van der Waals surface area contributed by atoms with Crippen molar-refractivity contribution in [2.75, 3.05) is 20.6 Å². The quantitative estimate of drug-likeness (QED) is 0.804. The maximum atomic E-state index is 13.3. The van der Waals surface area contributed by atoms with Gasteiger partial charge in [0.2, 0.25) is 0 Å². The summed E-state index contributed by atoms with van der Waals surface area (Å²) in [5.74, 6) is 0.169. The van der Waals surface area contributed by atoms with E-state index < -0.39 is 0 Å². The summed E-state index contributed by atoms with van der Waals surface area (Å²) in [7, 11) is 3.39. The minimum Gasteiger partial charge on any atom is -0.487 e. The summed E-state index contributed by atoms with van der Waals surface area (Å²) >= 11 is 0. The molecule has 0 aliphatic carbocycles. The van der Waals surface area contributed by atoms with Crippen LogP contribution in [0.15, 0.2) is 42.4 Å². The van der Waals surface area contributed by atoms with Crippen LogP contribution in [0.1, 0.15) is 16.1 Å². The van der Waals surface area contributed by atoms with Crippen LogP contribution < -0.4 is 10.5 Å². The first-order valence-electron chi connectivity index (χ1n) is 7.37. The normalized spacial score (nSPS) is 11.0. The van der Waals surface area contributed by atoms with Crippen LogP contribution in [0.3, 0.4) is 0 Å². The van der Waals surface area contributed by atoms with Gasteiger partial charge in [-0.3, -0.25) is 4.79 Å². The average Bonchev–Trinajstić information content (AvgIpc) is 3.00. The van der Waals surface area contributed by atoms with Crippen LogP contribution in [0.25, 0.3) is 0 Å². The molecule has 0 saturated heterocycles. The van der Waals surface area contributed by atoms with Crippen molar-refractivity contribution in [3.8, 4) is 5.75 Å². The van der Waals surface area contributed by atoms with Gasteiger partial charge in [0.1, 0.15) is 23.9 Å². The van der Waals surface area contributed by atoms with Crippen LogP contribution in [0, 0.1) is 0 Å². The zero-order valence-corrected chi connectivity index (χ0v) is 14.9. The van der Waals surface area contributed by atoms with Crippen molar-refractivity contribution >= 4 is 18.3 Å². The summed E-state index contributed by atoms with van der Waals surface area (Å²) in [6.45, 7) is 0.331. The SMILES string of the molecule is CN(C)C(=O)c1ccc(OCc2cn(C/C(F)=C/CN)nn2)cc1.Cl. The van der Waals surface area contributed by atoms with E-state index in [0.717, 1.165) is 0 Å². The van der Waals surface area contributed by atoms with Crippen LogP contribution in [0.4, 0.5) is 4.39 Å². The van der Waals surface area contributed by atoms with E-state index in [1.54, 1.807) is 44.6 Å². The molecule has 1 amide bonds. The van der Waals surface area contributed by atoms with Crippen LogP contribution in [-0.4, -0.2) is 46.4 Å². The molecule has 0 aliphatic rings. The maximum absolute atomic E-state index is 13.3. The summed E-state index contributed by atoms with van der Waals surface area (Å²) in [5, 5.41) is 7.74. The standard InChI is InChI=1S/C16H20FN5O2.ClH/c1-21(2)16(23)12-3-5-15(6-4-12)24-11-14-10-22(20-19-14)9-13(17)7-8-18;/h3-7,10H,8-9,11,18H2,1-2H3;1H/b13-7-;. The molecular formula is C16H21ClFN5O2. The van der Waals surface area contributed by atoms with E-state index >= 15 is 0 Å². The predicted molar refractivity (Wildman–Crippen MR) is 94.3 cm³/mol. The van der Waals surface area contributed by atoms with Gasteiger partial charge in [0.05, 0.1) is 12.7 Å². The molecule has 2 N–H and O–H groups in total. The summed E-state index contributed by atoms with van der Waals surface area (Å²) in [5.41, 5.74) is 6.40. The number of hydrogen-bond acceptors (Lipinski definition) is 5. The summed E-state index contributed by atoms with van der Waals surface area (Å²) in [6.07, 6.45) is 2.89. The Morgan fingerprint density at radius 1 is 1.36 bits per heavy atom. The van der Waals surface area contributed by atoms with Gasteiger partial charge < -0.3 is 15.4 Å². The lowest BCUT2D eigenvalue weighted by atomic mass is 10.2. The molecule has 7 nitrogen and oxygen atoms in total. The summed E-state index contributed by atoms with van der Waals surface area (Å²) in [6, 6.07) is 6.82. The highest BCUT2D eigenvalue weighted by Crippen LogP contribution is 2.14. The number of allylic oxidation sites excluding steroid dienone is 1. The second-order valence-corrected chi connectivity index (χ2v) is 5.31. The fourth-order valence-corrected chi connectivity index (χ4v) is 1.94. The molecule has 0 aliphatic heterocycles. The van der Waals surface area contributed by atoms with E-state index in [9.17, 15) is 9.18 Å². The molecule has 25 heavy (non-hydrogen) atoms. The molecule has 0 atom stereocenters. The molecule has 0 spiro atoms. The highest BCUT2D eigenvalue weighted by molar-refractivity contribution is 5.93. The van der Waals surface area contributed by atoms with Crippen LogP contribution in [0.5, 0.6) is 5.75 Å². The second-order valence-electron chi connectivity index (χ2n) is 5.31. The minimum absolute atomic E-state index is 0. The van der Waals surface area contributed by atoms with Crippen molar-refractivity contribution in [1.82, 2.24) is 19.9 Å². The van der Waals surface area contributed by atoms with Gasteiger partial charge in [-0.05, 0) is 30.3 Å². The number of ether oxygens (including phenoxy) is 1.